The van der Waals surface area contributed by atoms with Crippen LogP contribution in [-0.2, 0) is 6.42 Å². The van der Waals surface area contributed by atoms with Gasteiger partial charge in [-0.15, -0.1) is 0 Å². The van der Waals surface area contributed by atoms with Gasteiger partial charge < -0.3 is 5.43 Å². The molecule has 3 aliphatic rings. The van der Waals surface area contributed by atoms with E-state index in [1.54, 1.807) is 11.1 Å². The molecule has 0 amide bonds. The predicted octanol–water partition coefficient (Wildman–Crippen LogP) is 5.16. The molecule has 3 heteroatoms. The minimum Gasteiger partial charge on any atom is -0.301 e. The zero-order chi connectivity index (χ0) is 18.2. The summed E-state index contributed by atoms with van der Waals surface area (Å²) in [5.41, 5.74) is 11.9. The van der Waals surface area contributed by atoms with Crippen LogP contribution in [0, 0.1) is 11.8 Å². The number of nitrogens with zero attached hydrogens (tertiary/aromatic N) is 2. The Morgan fingerprint density at radius 1 is 1.15 bits per heavy atom. The predicted molar refractivity (Wildman–Crippen MR) is 110 cm³/mol. The maximum absolute atomic E-state index is 4.27. The van der Waals surface area contributed by atoms with Crippen molar-refractivity contribution in [1.82, 2.24) is 10.4 Å². The largest absolute Gasteiger partial charge is 0.301 e. The molecule has 2 heterocycles. The molecule has 0 spiro atoms. The monoisotopic (exact) mass is 355 g/mol. The van der Waals surface area contributed by atoms with E-state index in [9.17, 15) is 0 Å². The summed E-state index contributed by atoms with van der Waals surface area (Å²) in [5.74, 6) is 1.19. The molecule has 2 aliphatic carbocycles. The maximum Gasteiger partial charge on any atom is 0.0813 e. The molecule has 0 fully saturated rings. The van der Waals surface area contributed by atoms with Gasteiger partial charge in [0.05, 0.1) is 17.6 Å². The first-order valence-electron chi connectivity index (χ1n) is 9.96. The number of rotatable bonds is 4. The number of benzene rings is 1. The Bertz CT molecular complexity index is 925. The lowest BCUT2D eigenvalue weighted by Crippen LogP contribution is -2.30. The Morgan fingerprint density at radius 3 is 2.85 bits per heavy atom. The van der Waals surface area contributed by atoms with Crippen LogP contribution in [-0.4, -0.2) is 4.98 Å². The average molecular weight is 355 g/mol. The van der Waals surface area contributed by atoms with E-state index in [1.807, 2.05) is 18.5 Å². The topological polar surface area (TPSA) is 28.2 Å². The number of allylic oxidation sites excluding steroid dienone is 4. The van der Waals surface area contributed by atoms with Gasteiger partial charge in [0.15, 0.2) is 0 Å². The highest BCUT2D eigenvalue weighted by atomic mass is 15.5. The van der Waals surface area contributed by atoms with E-state index >= 15 is 0 Å². The smallest absolute Gasteiger partial charge is 0.0813 e. The number of hydrogen-bond acceptors (Lipinski definition) is 3. The fraction of sp³-hybridized carbons (Fsp3) is 0.292. The van der Waals surface area contributed by atoms with Gasteiger partial charge in [-0.3, -0.25) is 9.99 Å². The van der Waals surface area contributed by atoms with Crippen LogP contribution in [0.25, 0.3) is 0 Å². The van der Waals surface area contributed by atoms with Crippen molar-refractivity contribution < 1.29 is 0 Å². The van der Waals surface area contributed by atoms with Crippen molar-refractivity contribution in [3.63, 3.8) is 0 Å². The van der Waals surface area contributed by atoms with Crippen LogP contribution in [0.4, 0.5) is 5.69 Å². The fourth-order valence-corrected chi connectivity index (χ4v) is 4.90. The zero-order valence-electron chi connectivity index (χ0n) is 15.7. The van der Waals surface area contributed by atoms with E-state index in [4.69, 9.17) is 0 Å². The first-order chi connectivity index (χ1) is 13.3. The molecule has 5 rings (SSSR count). The summed E-state index contributed by atoms with van der Waals surface area (Å²) >= 11 is 0. The standard InChI is InChI=1S/C24H25N3/c1-17-22-16-26-27(21-8-5-13-25-15-21)23(22)14-20-12-11-19(24(17)20)10-9-18-6-3-2-4-7-18/h2-8,13-17,19,26H,9-12H2,1H3/t17-,19+/m0/s1. The first-order valence-corrected chi connectivity index (χ1v) is 9.96. The Kier molecular flexibility index (Phi) is 4.08. The summed E-state index contributed by atoms with van der Waals surface area (Å²) in [7, 11) is 0. The normalized spacial score (nSPS) is 23.5. The molecule has 2 atom stereocenters. The number of nitrogens with one attached hydrogen (secondary N) is 1. The summed E-state index contributed by atoms with van der Waals surface area (Å²) in [5, 5.41) is 2.17. The minimum atomic E-state index is 0.484. The third-order valence-electron chi connectivity index (χ3n) is 6.23. The summed E-state index contributed by atoms with van der Waals surface area (Å²) in [6.07, 6.45) is 13.2. The van der Waals surface area contributed by atoms with Gasteiger partial charge >= 0.3 is 0 Å². The van der Waals surface area contributed by atoms with Crippen LogP contribution in [0.2, 0.25) is 0 Å². The second-order valence-electron chi connectivity index (χ2n) is 7.77. The van der Waals surface area contributed by atoms with Gasteiger partial charge in [0.1, 0.15) is 0 Å². The lowest BCUT2D eigenvalue weighted by molar-refractivity contribution is 0.517. The van der Waals surface area contributed by atoms with E-state index in [0.29, 0.717) is 11.8 Å². The van der Waals surface area contributed by atoms with Crippen molar-refractivity contribution in [3.05, 3.63) is 95.1 Å². The number of hydrazine groups is 1. The number of anilines is 1. The molecule has 0 saturated heterocycles. The Morgan fingerprint density at radius 2 is 2.04 bits per heavy atom. The van der Waals surface area contributed by atoms with Crippen LogP contribution in [0.3, 0.4) is 0 Å². The number of pyridine rings is 1. The van der Waals surface area contributed by atoms with Gasteiger partial charge in [-0.25, -0.2) is 0 Å². The second-order valence-corrected chi connectivity index (χ2v) is 7.77. The molecule has 1 aromatic carbocycles. The fourth-order valence-electron chi connectivity index (χ4n) is 4.90. The van der Waals surface area contributed by atoms with Crippen molar-refractivity contribution in [1.29, 1.82) is 0 Å². The van der Waals surface area contributed by atoms with E-state index in [1.165, 1.54) is 42.5 Å². The molecular weight excluding hydrogens is 330 g/mol. The molecule has 1 aromatic heterocycles. The van der Waals surface area contributed by atoms with Crippen molar-refractivity contribution in [3.8, 4) is 0 Å². The van der Waals surface area contributed by atoms with Crippen molar-refractivity contribution in [2.45, 2.75) is 32.6 Å². The van der Waals surface area contributed by atoms with Gasteiger partial charge in [-0.2, -0.15) is 0 Å². The van der Waals surface area contributed by atoms with Crippen LogP contribution >= 0.6 is 0 Å². The molecule has 136 valence electrons. The SMILES string of the molecule is C[C@H]1C2=CNN(c3cccnc3)C2=CC2=C1[C@H](CCc1ccccc1)CC2. The van der Waals surface area contributed by atoms with Crippen LogP contribution < -0.4 is 10.4 Å². The van der Waals surface area contributed by atoms with E-state index in [-0.39, 0.29) is 0 Å². The number of hydrogen-bond donors (Lipinski definition) is 1. The van der Waals surface area contributed by atoms with Gasteiger partial charge in [0, 0.05) is 23.9 Å². The first kappa shape index (κ1) is 16.4. The lowest BCUT2D eigenvalue weighted by atomic mass is 9.79. The van der Waals surface area contributed by atoms with Gasteiger partial charge in [0.2, 0.25) is 0 Å². The highest BCUT2D eigenvalue weighted by molar-refractivity contribution is 5.64. The summed E-state index contributed by atoms with van der Waals surface area (Å²) in [6.45, 7) is 2.38. The Hall–Kier alpha value is -2.81. The number of aromatic nitrogens is 1. The van der Waals surface area contributed by atoms with E-state index < -0.39 is 0 Å². The molecule has 0 radical (unpaired) electrons. The molecule has 1 aliphatic heterocycles. The lowest BCUT2D eigenvalue weighted by Gasteiger charge is -2.29. The summed E-state index contributed by atoms with van der Waals surface area (Å²) in [4.78, 5) is 4.27. The molecule has 2 aromatic rings. The van der Waals surface area contributed by atoms with Crippen LogP contribution in [0.15, 0.2) is 89.6 Å². The highest BCUT2D eigenvalue weighted by Gasteiger charge is 2.37. The summed E-state index contributed by atoms with van der Waals surface area (Å²) < 4.78 is 0. The quantitative estimate of drug-likeness (QED) is 0.821. The molecule has 0 bridgehead atoms. The summed E-state index contributed by atoms with van der Waals surface area (Å²) in [6, 6.07) is 15.0. The van der Waals surface area contributed by atoms with Gasteiger partial charge in [-0.1, -0.05) is 42.8 Å². The third-order valence-corrected chi connectivity index (χ3v) is 6.23. The Labute approximate surface area is 161 Å². The van der Waals surface area contributed by atoms with Gasteiger partial charge in [0.25, 0.3) is 0 Å². The highest BCUT2D eigenvalue weighted by Crippen LogP contribution is 2.48. The van der Waals surface area contributed by atoms with E-state index in [0.717, 1.165) is 5.69 Å². The molecule has 0 unspecified atom stereocenters. The number of aryl methyl sites for hydroxylation is 1. The van der Waals surface area contributed by atoms with Crippen LogP contribution in [0.1, 0.15) is 31.7 Å². The molecule has 27 heavy (non-hydrogen) atoms. The molecule has 0 saturated carbocycles. The van der Waals surface area contributed by atoms with Crippen molar-refractivity contribution in [2.75, 3.05) is 5.01 Å². The molecule has 3 nitrogen and oxygen atoms in total. The number of fused-ring (bicyclic) bond motifs is 1. The van der Waals surface area contributed by atoms with Crippen LogP contribution in [0.5, 0.6) is 0 Å². The van der Waals surface area contributed by atoms with Crippen molar-refractivity contribution in [2.24, 2.45) is 11.8 Å². The Balaban J connectivity index is 1.40. The molecule has 1 N–H and O–H groups in total. The minimum absolute atomic E-state index is 0.484. The second kappa shape index (κ2) is 6.73. The molecular formula is C24H25N3. The zero-order valence-corrected chi connectivity index (χ0v) is 15.7. The third kappa shape index (κ3) is 2.87. The average Bonchev–Trinajstić information content (AvgIpc) is 3.33. The maximum atomic E-state index is 4.27. The van der Waals surface area contributed by atoms with Crippen molar-refractivity contribution >= 4 is 5.69 Å². The van der Waals surface area contributed by atoms with E-state index in [2.05, 4.69) is 71.0 Å². The van der Waals surface area contributed by atoms with Gasteiger partial charge in [-0.05, 0) is 60.9 Å².